The summed E-state index contributed by atoms with van der Waals surface area (Å²) < 4.78 is 0. The Balaban J connectivity index is 1.37. The van der Waals surface area contributed by atoms with Gasteiger partial charge in [0.2, 0.25) is 11.8 Å². The van der Waals surface area contributed by atoms with E-state index >= 15 is 0 Å². The number of fused-ring (bicyclic) bond motifs is 5. The van der Waals surface area contributed by atoms with Crippen molar-refractivity contribution in [3.63, 3.8) is 0 Å². The molecule has 2 fully saturated rings. The Labute approximate surface area is 139 Å². The number of amides is 3. The second kappa shape index (κ2) is 5.47. The molecular weight excluding hydrogens is 306 g/mol. The van der Waals surface area contributed by atoms with Gasteiger partial charge >= 0.3 is 0 Å². The zero-order valence-electron chi connectivity index (χ0n) is 13.1. The highest BCUT2D eigenvalue weighted by atomic mass is 16.2. The summed E-state index contributed by atoms with van der Waals surface area (Å²) in [5.74, 6) is -0.430. The van der Waals surface area contributed by atoms with Gasteiger partial charge in [-0.1, -0.05) is 24.3 Å². The van der Waals surface area contributed by atoms with E-state index in [1.165, 1.54) is 4.90 Å². The number of hydrogen-bond acceptors (Lipinski definition) is 4. The number of rotatable bonds is 4. The lowest BCUT2D eigenvalue weighted by atomic mass is 9.85. The van der Waals surface area contributed by atoms with Crippen LogP contribution < -0.4 is 11.1 Å². The van der Waals surface area contributed by atoms with Gasteiger partial charge in [0, 0.05) is 18.8 Å². The standard InChI is InChI=1S/C18H19N3O3/c19-13-4-2-1-3-12(13)16(22)20-7-8-21-17(23)14-10-5-6-11(9-10)15(14)18(21)24/h1-6,10-11,14-15H,7-9,19H2,(H,20,22). The summed E-state index contributed by atoms with van der Waals surface area (Å²) in [6.45, 7) is 0.440. The molecule has 6 nitrogen and oxygen atoms in total. The summed E-state index contributed by atoms with van der Waals surface area (Å²) in [6.07, 6.45) is 5.06. The predicted octanol–water partition coefficient (Wildman–Crippen LogP) is 0.806. The molecule has 0 aromatic heterocycles. The first-order chi connectivity index (χ1) is 11.6. The molecule has 1 aromatic rings. The number of nitrogens with two attached hydrogens (primary N) is 1. The zero-order valence-corrected chi connectivity index (χ0v) is 13.1. The van der Waals surface area contributed by atoms with Crippen LogP contribution in [0.4, 0.5) is 5.69 Å². The third-order valence-electron chi connectivity index (χ3n) is 5.39. The zero-order chi connectivity index (χ0) is 16.8. The number of nitrogens with one attached hydrogen (secondary N) is 1. The van der Waals surface area contributed by atoms with E-state index in [9.17, 15) is 14.4 Å². The molecule has 4 unspecified atom stereocenters. The minimum Gasteiger partial charge on any atom is -0.398 e. The molecule has 24 heavy (non-hydrogen) atoms. The highest BCUT2D eigenvalue weighted by Crippen LogP contribution is 2.52. The van der Waals surface area contributed by atoms with Gasteiger partial charge in [-0.25, -0.2) is 0 Å². The molecule has 124 valence electrons. The maximum absolute atomic E-state index is 12.5. The van der Waals surface area contributed by atoms with Crippen molar-refractivity contribution in [2.75, 3.05) is 18.8 Å². The van der Waals surface area contributed by atoms with Crippen molar-refractivity contribution in [1.82, 2.24) is 10.2 Å². The number of imide groups is 1. The maximum Gasteiger partial charge on any atom is 0.253 e. The molecule has 1 aromatic carbocycles. The number of nitrogen functional groups attached to an aromatic ring is 1. The molecule has 1 aliphatic heterocycles. The third-order valence-corrected chi connectivity index (χ3v) is 5.39. The monoisotopic (exact) mass is 325 g/mol. The molecule has 4 atom stereocenters. The van der Waals surface area contributed by atoms with E-state index in [2.05, 4.69) is 17.5 Å². The van der Waals surface area contributed by atoms with E-state index in [-0.39, 0.29) is 54.5 Å². The molecule has 1 saturated carbocycles. The van der Waals surface area contributed by atoms with Crippen LogP contribution in [0.2, 0.25) is 0 Å². The number of carbonyl (C=O) groups is 3. The maximum atomic E-state index is 12.5. The molecule has 3 aliphatic rings. The fourth-order valence-corrected chi connectivity index (χ4v) is 4.26. The summed E-state index contributed by atoms with van der Waals surface area (Å²) in [6, 6.07) is 6.80. The summed E-state index contributed by atoms with van der Waals surface area (Å²) in [4.78, 5) is 38.5. The molecule has 2 bridgehead atoms. The van der Waals surface area contributed by atoms with Gasteiger partial charge in [-0.2, -0.15) is 0 Å². The molecule has 6 heteroatoms. The van der Waals surface area contributed by atoms with E-state index in [1.54, 1.807) is 24.3 Å². The van der Waals surface area contributed by atoms with Crippen LogP contribution in [0, 0.1) is 23.7 Å². The van der Waals surface area contributed by atoms with Crippen LogP contribution in [0.5, 0.6) is 0 Å². The van der Waals surface area contributed by atoms with E-state index in [0.717, 1.165) is 6.42 Å². The number of benzene rings is 1. The topological polar surface area (TPSA) is 92.5 Å². The highest BCUT2D eigenvalue weighted by molar-refractivity contribution is 6.06. The normalized spacial score (nSPS) is 30.1. The van der Waals surface area contributed by atoms with Gasteiger partial charge in [-0.3, -0.25) is 19.3 Å². The van der Waals surface area contributed by atoms with E-state index < -0.39 is 0 Å². The molecule has 3 amide bonds. The van der Waals surface area contributed by atoms with Crippen LogP contribution in [-0.4, -0.2) is 35.7 Å². The fraction of sp³-hybridized carbons (Fsp3) is 0.389. The van der Waals surface area contributed by atoms with Crippen LogP contribution in [-0.2, 0) is 9.59 Å². The number of likely N-dealkylation sites (tertiary alicyclic amines) is 1. The molecular formula is C18H19N3O3. The Bertz CT molecular complexity index is 728. The Kier molecular flexibility index (Phi) is 3.40. The van der Waals surface area contributed by atoms with Gasteiger partial charge in [-0.05, 0) is 30.4 Å². The number of carbonyl (C=O) groups excluding carboxylic acids is 3. The summed E-state index contributed by atoms with van der Waals surface area (Å²) in [5, 5.41) is 2.73. The lowest BCUT2D eigenvalue weighted by molar-refractivity contribution is -0.140. The molecule has 4 rings (SSSR count). The summed E-state index contributed by atoms with van der Waals surface area (Å²) in [7, 11) is 0. The van der Waals surface area contributed by atoms with Gasteiger partial charge in [0.1, 0.15) is 0 Å². The highest BCUT2D eigenvalue weighted by Gasteiger charge is 2.58. The Morgan fingerprint density at radius 2 is 1.75 bits per heavy atom. The number of para-hydroxylation sites is 1. The molecule has 0 radical (unpaired) electrons. The first-order valence-corrected chi connectivity index (χ1v) is 8.24. The van der Waals surface area contributed by atoms with Gasteiger partial charge in [-0.15, -0.1) is 0 Å². The van der Waals surface area contributed by atoms with E-state index in [0.29, 0.717) is 11.3 Å². The molecule has 3 N–H and O–H groups in total. The lowest BCUT2D eigenvalue weighted by Gasteiger charge is -2.17. The summed E-state index contributed by atoms with van der Waals surface area (Å²) in [5.41, 5.74) is 6.57. The number of allylic oxidation sites excluding steroid dienone is 2. The first-order valence-electron chi connectivity index (χ1n) is 8.24. The van der Waals surface area contributed by atoms with Crippen molar-refractivity contribution in [2.45, 2.75) is 6.42 Å². The van der Waals surface area contributed by atoms with Crippen molar-refractivity contribution in [3.8, 4) is 0 Å². The first kappa shape index (κ1) is 14.9. The number of anilines is 1. The van der Waals surface area contributed by atoms with Crippen molar-refractivity contribution in [3.05, 3.63) is 42.0 Å². The third kappa shape index (κ3) is 2.13. The van der Waals surface area contributed by atoms with E-state index in [1.807, 2.05) is 0 Å². The Hall–Kier alpha value is -2.63. The van der Waals surface area contributed by atoms with Crippen LogP contribution in [0.25, 0.3) is 0 Å². The van der Waals surface area contributed by atoms with Crippen LogP contribution in [0.15, 0.2) is 36.4 Å². The summed E-state index contributed by atoms with van der Waals surface area (Å²) >= 11 is 0. The molecule has 0 spiro atoms. The van der Waals surface area contributed by atoms with Crippen LogP contribution in [0.3, 0.4) is 0 Å². The van der Waals surface area contributed by atoms with Crippen LogP contribution >= 0.6 is 0 Å². The van der Waals surface area contributed by atoms with Gasteiger partial charge in [0.25, 0.3) is 5.91 Å². The Morgan fingerprint density at radius 1 is 1.12 bits per heavy atom. The smallest absolute Gasteiger partial charge is 0.253 e. The SMILES string of the molecule is Nc1ccccc1C(=O)NCCN1C(=O)C2C3C=CC(C3)C2C1=O. The van der Waals surface area contributed by atoms with Crippen molar-refractivity contribution >= 4 is 23.4 Å². The average Bonchev–Trinajstić information content (AvgIpc) is 3.24. The van der Waals surface area contributed by atoms with Gasteiger partial charge in [0.05, 0.1) is 17.4 Å². The van der Waals surface area contributed by atoms with Crippen molar-refractivity contribution < 1.29 is 14.4 Å². The second-order valence-corrected chi connectivity index (χ2v) is 6.67. The van der Waals surface area contributed by atoms with Crippen molar-refractivity contribution in [1.29, 1.82) is 0 Å². The number of hydrogen-bond donors (Lipinski definition) is 2. The largest absolute Gasteiger partial charge is 0.398 e. The number of nitrogens with zero attached hydrogens (tertiary/aromatic N) is 1. The predicted molar refractivity (Wildman–Crippen MR) is 87.6 cm³/mol. The van der Waals surface area contributed by atoms with Crippen LogP contribution in [0.1, 0.15) is 16.8 Å². The molecule has 1 heterocycles. The van der Waals surface area contributed by atoms with Gasteiger partial charge in [0.15, 0.2) is 0 Å². The Morgan fingerprint density at radius 3 is 2.38 bits per heavy atom. The molecule has 1 saturated heterocycles. The molecule has 2 aliphatic carbocycles. The quantitative estimate of drug-likeness (QED) is 0.487. The fourth-order valence-electron chi connectivity index (χ4n) is 4.26. The van der Waals surface area contributed by atoms with Crippen molar-refractivity contribution in [2.24, 2.45) is 23.7 Å². The van der Waals surface area contributed by atoms with E-state index in [4.69, 9.17) is 5.73 Å². The minimum atomic E-state index is -0.297. The van der Waals surface area contributed by atoms with Gasteiger partial charge < -0.3 is 11.1 Å². The lowest BCUT2D eigenvalue weighted by Crippen LogP contribution is -2.39. The minimum absolute atomic E-state index is 0.0877. The second-order valence-electron chi connectivity index (χ2n) is 6.67. The average molecular weight is 325 g/mol.